The highest BCUT2D eigenvalue weighted by Gasteiger charge is 2.32. The van der Waals surface area contributed by atoms with Crippen molar-refractivity contribution in [3.8, 4) is 0 Å². The van der Waals surface area contributed by atoms with Crippen molar-refractivity contribution < 1.29 is 0 Å². The molecule has 124 valence electrons. The molecule has 20 heavy (non-hydrogen) atoms. The topological polar surface area (TPSA) is 26.0 Å². The van der Waals surface area contributed by atoms with Crippen molar-refractivity contribution in [2.75, 3.05) is 0 Å². The molecule has 0 spiro atoms. The molecule has 0 aliphatic rings. The zero-order chi connectivity index (χ0) is 14.6. The SMILES string of the molecule is Br.CCCCC(CCCC)C(N)(CCCC)CCCC. The summed E-state index contributed by atoms with van der Waals surface area (Å²) < 4.78 is 0. The zero-order valence-electron chi connectivity index (χ0n) is 14.5. The van der Waals surface area contributed by atoms with E-state index in [9.17, 15) is 0 Å². The predicted octanol–water partition coefficient (Wildman–Crippen LogP) is 6.64. The number of halogens is 1. The zero-order valence-corrected chi connectivity index (χ0v) is 16.3. The van der Waals surface area contributed by atoms with E-state index in [0.717, 1.165) is 5.92 Å². The molecule has 0 aromatic rings. The van der Waals surface area contributed by atoms with Gasteiger partial charge < -0.3 is 5.73 Å². The van der Waals surface area contributed by atoms with Gasteiger partial charge in [-0.05, 0) is 31.6 Å². The van der Waals surface area contributed by atoms with Crippen LogP contribution in [-0.2, 0) is 0 Å². The van der Waals surface area contributed by atoms with Gasteiger partial charge in [-0.15, -0.1) is 17.0 Å². The second-order valence-corrected chi connectivity index (χ2v) is 6.42. The maximum Gasteiger partial charge on any atom is 0.0182 e. The molecule has 0 radical (unpaired) electrons. The smallest absolute Gasteiger partial charge is 0.0182 e. The van der Waals surface area contributed by atoms with Gasteiger partial charge in [-0.25, -0.2) is 0 Å². The van der Waals surface area contributed by atoms with Gasteiger partial charge in [-0.2, -0.15) is 0 Å². The van der Waals surface area contributed by atoms with Crippen LogP contribution in [-0.4, -0.2) is 5.54 Å². The van der Waals surface area contributed by atoms with Crippen LogP contribution < -0.4 is 5.73 Å². The fourth-order valence-electron chi connectivity index (χ4n) is 3.17. The number of unbranched alkanes of at least 4 members (excludes halogenated alkanes) is 4. The Hall–Kier alpha value is 0.440. The Morgan fingerprint density at radius 2 is 1.05 bits per heavy atom. The van der Waals surface area contributed by atoms with Crippen LogP contribution in [0.5, 0.6) is 0 Å². The maximum atomic E-state index is 6.90. The van der Waals surface area contributed by atoms with Gasteiger partial charge >= 0.3 is 0 Å². The Labute approximate surface area is 139 Å². The quantitative estimate of drug-likeness (QED) is 0.396. The molecule has 2 N–H and O–H groups in total. The van der Waals surface area contributed by atoms with Crippen LogP contribution in [0, 0.1) is 5.92 Å². The molecule has 0 rings (SSSR count). The minimum absolute atomic E-state index is 0. The van der Waals surface area contributed by atoms with Crippen molar-refractivity contribution in [1.82, 2.24) is 0 Å². The van der Waals surface area contributed by atoms with E-state index < -0.39 is 0 Å². The first kappa shape index (κ1) is 22.7. The van der Waals surface area contributed by atoms with Gasteiger partial charge in [0.25, 0.3) is 0 Å². The van der Waals surface area contributed by atoms with Crippen LogP contribution in [0.3, 0.4) is 0 Å². The largest absolute Gasteiger partial charge is 0.325 e. The summed E-state index contributed by atoms with van der Waals surface area (Å²) in [4.78, 5) is 0. The first-order valence-electron chi connectivity index (χ1n) is 8.93. The van der Waals surface area contributed by atoms with Gasteiger partial charge in [-0.1, -0.05) is 79.1 Å². The lowest BCUT2D eigenvalue weighted by molar-refractivity contribution is 0.194. The first-order chi connectivity index (χ1) is 9.14. The summed E-state index contributed by atoms with van der Waals surface area (Å²) in [5, 5.41) is 0. The van der Waals surface area contributed by atoms with E-state index in [0.29, 0.717) is 0 Å². The molecule has 0 bridgehead atoms. The van der Waals surface area contributed by atoms with Crippen LogP contribution in [0.2, 0.25) is 0 Å². The minimum Gasteiger partial charge on any atom is -0.325 e. The lowest BCUT2D eigenvalue weighted by Crippen LogP contribution is -2.47. The second-order valence-electron chi connectivity index (χ2n) is 6.42. The molecule has 0 amide bonds. The van der Waals surface area contributed by atoms with Gasteiger partial charge in [0.05, 0.1) is 0 Å². The molecule has 1 nitrogen and oxygen atoms in total. The van der Waals surface area contributed by atoms with Crippen molar-refractivity contribution in [2.24, 2.45) is 11.7 Å². The summed E-state index contributed by atoms with van der Waals surface area (Å²) in [6.07, 6.45) is 15.6. The third-order valence-electron chi connectivity index (χ3n) is 4.62. The van der Waals surface area contributed by atoms with Gasteiger partial charge in [-0.3, -0.25) is 0 Å². The molecule has 0 aliphatic carbocycles. The molecule has 0 aliphatic heterocycles. The van der Waals surface area contributed by atoms with E-state index in [-0.39, 0.29) is 22.5 Å². The van der Waals surface area contributed by atoms with Crippen molar-refractivity contribution >= 4 is 17.0 Å². The fourth-order valence-corrected chi connectivity index (χ4v) is 3.17. The standard InChI is InChI=1S/C18H39N.BrH/c1-5-9-13-17(14-10-6-2)18(19,15-11-7-3)16-12-8-4;/h17H,5-16,19H2,1-4H3;1H. The van der Waals surface area contributed by atoms with Crippen LogP contribution in [0.4, 0.5) is 0 Å². The average Bonchev–Trinajstić information content (AvgIpc) is 2.43. The van der Waals surface area contributed by atoms with E-state index in [2.05, 4.69) is 27.7 Å². The number of nitrogens with two attached hydrogens (primary N) is 1. The summed E-state index contributed by atoms with van der Waals surface area (Å²) in [7, 11) is 0. The number of hydrogen-bond donors (Lipinski definition) is 1. The summed E-state index contributed by atoms with van der Waals surface area (Å²) in [6, 6.07) is 0. The summed E-state index contributed by atoms with van der Waals surface area (Å²) in [6.45, 7) is 9.17. The van der Waals surface area contributed by atoms with Crippen molar-refractivity contribution in [3.63, 3.8) is 0 Å². The Bertz CT molecular complexity index is 178. The molecule has 0 saturated heterocycles. The molecule has 0 saturated carbocycles. The maximum absolute atomic E-state index is 6.90. The molecule has 0 heterocycles. The normalized spacial score (nSPS) is 11.7. The monoisotopic (exact) mass is 349 g/mol. The van der Waals surface area contributed by atoms with Gasteiger partial charge in [0.15, 0.2) is 0 Å². The lowest BCUT2D eigenvalue weighted by atomic mass is 9.72. The fraction of sp³-hybridized carbons (Fsp3) is 1.00. The molecule has 0 atom stereocenters. The summed E-state index contributed by atoms with van der Waals surface area (Å²) in [5.74, 6) is 0.755. The van der Waals surface area contributed by atoms with Crippen molar-refractivity contribution in [3.05, 3.63) is 0 Å². The van der Waals surface area contributed by atoms with Gasteiger partial charge in [0.2, 0.25) is 0 Å². The predicted molar refractivity (Wildman–Crippen MR) is 98.8 cm³/mol. The summed E-state index contributed by atoms with van der Waals surface area (Å²) in [5.41, 5.74) is 7.02. The highest BCUT2D eigenvalue weighted by molar-refractivity contribution is 8.93. The van der Waals surface area contributed by atoms with Gasteiger partial charge in [0, 0.05) is 5.54 Å². The van der Waals surface area contributed by atoms with Gasteiger partial charge in [0.1, 0.15) is 0 Å². The summed E-state index contributed by atoms with van der Waals surface area (Å²) >= 11 is 0. The van der Waals surface area contributed by atoms with Crippen LogP contribution in [0.1, 0.15) is 105 Å². The number of rotatable bonds is 13. The van der Waals surface area contributed by atoms with E-state index in [4.69, 9.17) is 5.73 Å². The Morgan fingerprint density at radius 1 is 0.700 bits per heavy atom. The molecular weight excluding hydrogens is 310 g/mol. The molecule has 0 unspecified atom stereocenters. The molecule has 0 fully saturated rings. The second kappa shape index (κ2) is 14.4. The Balaban J connectivity index is 0. The van der Waals surface area contributed by atoms with E-state index in [1.165, 1.54) is 77.0 Å². The highest BCUT2D eigenvalue weighted by Crippen LogP contribution is 2.34. The van der Waals surface area contributed by atoms with Crippen LogP contribution in [0.15, 0.2) is 0 Å². The van der Waals surface area contributed by atoms with Crippen molar-refractivity contribution in [1.29, 1.82) is 0 Å². The van der Waals surface area contributed by atoms with Crippen molar-refractivity contribution in [2.45, 2.75) is 110 Å². The third kappa shape index (κ3) is 9.39. The number of hydrogen-bond acceptors (Lipinski definition) is 1. The van der Waals surface area contributed by atoms with Crippen LogP contribution in [0.25, 0.3) is 0 Å². The van der Waals surface area contributed by atoms with Crippen LogP contribution >= 0.6 is 17.0 Å². The molecule has 0 aromatic heterocycles. The Kier molecular flexibility index (Phi) is 16.3. The highest BCUT2D eigenvalue weighted by atomic mass is 79.9. The first-order valence-corrected chi connectivity index (χ1v) is 8.93. The van der Waals surface area contributed by atoms with E-state index in [1.807, 2.05) is 0 Å². The molecule has 2 heteroatoms. The minimum atomic E-state index is 0. The van der Waals surface area contributed by atoms with E-state index >= 15 is 0 Å². The third-order valence-corrected chi connectivity index (χ3v) is 4.62. The lowest BCUT2D eigenvalue weighted by Gasteiger charge is -2.38. The van der Waals surface area contributed by atoms with E-state index in [1.54, 1.807) is 0 Å². The molecule has 0 aromatic carbocycles. The average molecular weight is 350 g/mol. The Morgan fingerprint density at radius 3 is 1.35 bits per heavy atom. The molecular formula is C18H40BrN.